The lowest BCUT2D eigenvalue weighted by molar-refractivity contribution is -0.742. The molecular weight excluding hydrogens is 402 g/mol. The molecule has 19 nitrogen and oxygen atoms in total. The van der Waals surface area contributed by atoms with Gasteiger partial charge in [-0.15, -0.1) is 35.4 Å². The van der Waals surface area contributed by atoms with Crippen molar-refractivity contribution in [1.29, 1.82) is 0 Å². The summed E-state index contributed by atoms with van der Waals surface area (Å²) in [5, 5.41) is 82.0. The first-order valence-corrected chi connectivity index (χ1v) is 7.18. The van der Waals surface area contributed by atoms with Crippen LogP contribution in [0.15, 0.2) is 0 Å². The van der Waals surface area contributed by atoms with E-state index < -0.39 is 50.7 Å². The van der Waals surface area contributed by atoms with Crippen LogP contribution in [-0.2, 0) is 0 Å². The fraction of sp³-hybridized carbons (Fsp3) is 1.00. The van der Waals surface area contributed by atoms with Gasteiger partial charge in [0.2, 0.25) is 0 Å². The number of nitro groups is 1. The summed E-state index contributed by atoms with van der Waals surface area (Å²) in [6, 6.07) is -1.12. The van der Waals surface area contributed by atoms with E-state index >= 15 is 0 Å². The van der Waals surface area contributed by atoms with Crippen molar-refractivity contribution < 1.29 is 51.2 Å². The summed E-state index contributed by atoms with van der Waals surface area (Å²) in [7, 11) is 0. The van der Waals surface area contributed by atoms with Gasteiger partial charge in [0.1, 0.15) is 12.1 Å². The van der Waals surface area contributed by atoms with Crippen LogP contribution < -0.4 is 0 Å². The molecule has 2 saturated carbocycles. The minimum absolute atomic E-state index is 0.289. The predicted octanol–water partition coefficient (Wildman–Crippen LogP) is -2.69. The van der Waals surface area contributed by atoms with Gasteiger partial charge in [-0.2, -0.15) is 0 Å². The molecule has 0 aromatic rings. The smallest absolute Gasteiger partial charge is 0.291 e. The number of aliphatic hydroxyl groups is 3. The summed E-state index contributed by atoms with van der Waals surface area (Å²) in [6.45, 7) is 0. The van der Waals surface area contributed by atoms with E-state index in [0.29, 0.717) is 0 Å². The largest absolute Gasteiger partial charge is 0.392 e. The van der Waals surface area contributed by atoms with E-state index in [4.69, 9.17) is 46.0 Å². The van der Waals surface area contributed by atoms with Crippen LogP contribution in [0.3, 0.4) is 0 Å². The summed E-state index contributed by atoms with van der Waals surface area (Å²) in [6.07, 6.45) is -1.87. The number of hydrogen-bond donors (Lipinski definition) is 6. The molecule has 2 heterocycles. The van der Waals surface area contributed by atoms with Gasteiger partial charge in [0, 0.05) is 11.8 Å². The van der Waals surface area contributed by atoms with Crippen LogP contribution in [0, 0.1) is 52.3 Å². The minimum atomic E-state index is -1.50. The topological polar surface area (TPSA) is 297 Å². The lowest BCUT2D eigenvalue weighted by Crippen LogP contribution is -2.74. The number of hydrazine groups is 1. The van der Waals surface area contributed by atoms with Gasteiger partial charge in [0.05, 0.1) is 18.3 Å². The number of rotatable bonds is 1. The molecule has 4 bridgehead atoms. The highest BCUT2D eigenvalue weighted by Crippen LogP contribution is 2.49. The Morgan fingerprint density at radius 1 is 0.643 bits per heavy atom. The summed E-state index contributed by atoms with van der Waals surface area (Å²) >= 11 is 0. The highest BCUT2D eigenvalue weighted by Gasteiger charge is 2.64. The highest BCUT2D eigenvalue weighted by molar-refractivity contribution is 5.10. The SMILES string of the molecule is O=[N+]([O-])N1C2CC3C(O)C(CC1C3O)C2O.O=[N+]([O-])O.O=[N+]([O-])O.O=[N+]([O-])O. The van der Waals surface area contributed by atoms with Crippen molar-refractivity contribution in [3.8, 4) is 0 Å². The third-order valence-corrected chi connectivity index (χ3v) is 4.44. The van der Waals surface area contributed by atoms with Crippen LogP contribution in [0.25, 0.3) is 0 Å². The molecule has 28 heavy (non-hydrogen) atoms. The molecular formula is C9H17N5O14. The molecule has 0 amide bonds. The van der Waals surface area contributed by atoms with Crippen molar-refractivity contribution in [2.24, 2.45) is 11.8 Å². The maximum absolute atomic E-state index is 10.9. The first kappa shape index (κ1) is 24.7. The van der Waals surface area contributed by atoms with Crippen molar-refractivity contribution in [3.63, 3.8) is 0 Å². The molecule has 4 rings (SSSR count). The standard InChI is InChI=1S/C9H14N2O5.3HNO3/c12-7-3-1-5-9(14)4(7)2-6(8(3)13)10(5)11(15)16;3*2-1(3)4/h3-9,12-14H,1-2H2;3*(H,2,3,4). The number of nitrogens with zero attached hydrogens (tertiary/aromatic N) is 5. The Morgan fingerprint density at radius 3 is 1.11 bits per heavy atom. The number of piperidine rings is 2. The third-order valence-electron chi connectivity index (χ3n) is 4.44. The number of aliphatic hydroxyl groups excluding tert-OH is 3. The molecule has 6 unspecified atom stereocenters. The Morgan fingerprint density at radius 2 is 0.893 bits per heavy atom. The molecule has 0 spiro atoms. The van der Waals surface area contributed by atoms with Gasteiger partial charge in [-0.3, -0.25) is 0 Å². The van der Waals surface area contributed by atoms with Crippen molar-refractivity contribution in [1.82, 2.24) is 5.01 Å². The van der Waals surface area contributed by atoms with Gasteiger partial charge in [-0.1, -0.05) is 0 Å². The summed E-state index contributed by atoms with van der Waals surface area (Å²) in [5.41, 5.74) is 0. The van der Waals surface area contributed by atoms with E-state index in [0.717, 1.165) is 5.01 Å². The van der Waals surface area contributed by atoms with Gasteiger partial charge < -0.3 is 30.9 Å². The van der Waals surface area contributed by atoms with Gasteiger partial charge in [0.15, 0.2) is 5.03 Å². The van der Waals surface area contributed by atoms with Crippen molar-refractivity contribution in [3.05, 3.63) is 40.5 Å². The molecule has 2 aliphatic carbocycles. The molecule has 162 valence electrons. The second-order valence-electron chi connectivity index (χ2n) is 5.74. The van der Waals surface area contributed by atoms with E-state index in [9.17, 15) is 25.4 Å². The molecule has 6 N–H and O–H groups in total. The van der Waals surface area contributed by atoms with E-state index in [2.05, 4.69) is 0 Å². The Hall–Kier alpha value is -3.32. The van der Waals surface area contributed by atoms with Gasteiger partial charge in [0.25, 0.3) is 15.3 Å². The maximum Gasteiger partial charge on any atom is 0.291 e. The fourth-order valence-electron chi connectivity index (χ4n) is 3.70. The average molecular weight is 419 g/mol. The molecule has 4 aliphatic rings. The fourth-order valence-corrected chi connectivity index (χ4v) is 3.70. The van der Waals surface area contributed by atoms with Gasteiger partial charge in [-0.25, -0.2) is 10.1 Å². The van der Waals surface area contributed by atoms with Crippen molar-refractivity contribution >= 4 is 0 Å². The van der Waals surface area contributed by atoms with Crippen LogP contribution >= 0.6 is 0 Å². The molecule has 4 fully saturated rings. The van der Waals surface area contributed by atoms with Crippen LogP contribution in [0.5, 0.6) is 0 Å². The second-order valence-corrected chi connectivity index (χ2v) is 5.74. The van der Waals surface area contributed by atoms with Crippen molar-refractivity contribution in [2.45, 2.75) is 43.2 Å². The van der Waals surface area contributed by atoms with Crippen molar-refractivity contribution in [2.75, 3.05) is 0 Å². The lowest BCUT2D eigenvalue weighted by Gasteiger charge is -2.58. The Bertz CT molecular complexity index is 525. The third kappa shape index (κ3) is 6.44. The zero-order chi connectivity index (χ0) is 22.3. The first-order valence-electron chi connectivity index (χ1n) is 7.18. The summed E-state index contributed by atoms with van der Waals surface area (Å²) in [5.74, 6) is -0.651. The Kier molecular flexibility index (Phi) is 8.93. The molecule has 0 radical (unpaired) electrons. The van der Waals surface area contributed by atoms with Crippen LogP contribution in [0.1, 0.15) is 12.8 Å². The number of hydrogen-bond acceptors (Lipinski definition) is 11. The van der Waals surface area contributed by atoms with Crippen LogP contribution in [0.4, 0.5) is 0 Å². The molecule has 2 saturated heterocycles. The zero-order valence-electron chi connectivity index (χ0n) is 13.6. The van der Waals surface area contributed by atoms with Gasteiger partial charge in [-0.05, 0) is 12.8 Å². The van der Waals surface area contributed by atoms with E-state index in [1.54, 1.807) is 0 Å². The molecule has 0 aromatic heterocycles. The minimum Gasteiger partial charge on any atom is -0.392 e. The van der Waals surface area contributed by atoms with Crippen LogP contribution in [0.2, 0.25) is 0 Å². The molecule has 19 heteroatoms. The summed E-state index contributed by atoms with van der Waals surface area (Å²) < 4.78 is 0. The Balaban J connectivity index is 0.000000506. The lowest BCUT2D eigenvalue weighted by atomic mass is 9.60. The Labute approximate surface area is 153 Å². The van der Waals surface area contributed by atoms with Gasteiger partial charge >= 0.3 is 0 Å². The average Bonchev–Trinajstić information content (AvgIpc) is 2.47. The zero-order valence-corrected chi connectivity index (χ0v) is 13.6. The normalized spacial score (nSPS) is 33.7. The molecule has 6 atom stereocenters. The first-order chi connectivity index (χ1) is 12.7. The molecule has 2 aliphatic heterocycles. The summed E-state index contributed by atoms with van der Waals surface area (Å²) in [4.78, 5) is 36.0. The second kappa shape index (κ2) is 10.1. The van der Waals surface area contributed by atoms with E-state index in [-0.39, 0.29) is 24.7 Å². The molecule has 0 aromatic carbocycles. The predicted molar refractivity (Wildman–Crippen MR) is 77.0 cm³/mol. The van der Waals surface area contributed by atoms with E-state index in [1.165, 1.54) is 0 Å². The maximum atomic E-state index is 10.9. The van der Waals surface area contributed by atoms with E-state index in [1.807, 2.05) is 0 Å². The quantitative estimate of drug-likeness (QED) is 0.186. The van der Waals surface area contributed by atoms with Crippen LogP contribution in [-0.4, -0.2) is 86.6 Å². The highest BCUT2D eigenvalue weighted by atomic mass is 16.9. The monoisotopic (exact) mass is 419 g/mol.